The lowest BCUT2D eigenvalue weighted by Gasteiger charge is -2.13. The van der Waals surface area contributed by atoms with E-state index in [-0.39, 0.29) is 5.91 Å². The molecule has 1 aliphatic rings. The summed E-state index contributed by atoms with van der Waals surface area (Å²) in [4.78, 5) is 28.2. The molecule has 1 aliphatic heterocycles. The molecular formula is C29H32N8O. The largest absolute Gasteiger partial charge is 0.381 e. The Labute approximate surface area is 222 Å². The fraction of sp³-hybridized carbons (Fsp3) is 0.241. The molecule has 4 N–H and O–H groups in total. The van der Waals surface area contributed by atoms with Crippen molar-refractivity contribution in [2.75, 3.05) is 49.7 Å². The summed E-state index contributed by atoms with van der Waals surface area (Å²) in [6, 6.07) is 18.1. The highest BCUT2D eigenvalue weighted by Crippen LogP contribution is 2.28. The van der Waals surface area contributed by atoms with E-state index in [9.17, 15) is 4.79 Å². The molecular weight excluding hydrogens is 476 g/mol. The molecule has 0 radical (unpaired) electrons. The summed E-state index contributed by atoms with van der Waals surface area (Å²) < 4.78 is 0. The van der Waals surface area contributed by atoms with Crippen molar-refractivity contribution in [3.63, 3.8) is 0 Å². The minimum atomic E-state index is -0.176. The van der Waals surface area contributed by atoms with Gasteiger partial charge in [-0.05, 0) is 69.5 Å². The van der Waals surface area contributed by atoms with E-state index in [0.717, 1.165) is 53.0 Å². The lowest BCUT2D eigenvalue weighted by Crippen LogP contribution is -2.21. The number of rotatable bonds is 9. The number of benzene rings is 2. The summed E-state index contributed by atoms with van der Waals surface area (Å²) in [6.45, 7) is 2.74. The monoisotopic (exact) mass is 508 g/mol. The molecule has 4 aromatic rings. The second-order valence-corrected chi connectivity index (χ2v) is 9.56. The van der Waals surface area contributed by atoms with Crippen molar-refractivity contribution in [1.29, 1.82) is 0 Å². The van der Waals surface area contributed by atoms with Gasteiger partial charge in [-0.15, -0.1) is 0 Å². The molecule has 1 atom stereocenters. The molecule has 3 heterocycles. The van der Waals surface area contributed by atoms with Gasteiger partial charge in [0.1, 0.15) is 5.52 Å². The van der Waals surface area contributed by atoms with Gasteiger partial charge in [0.15, 0.2) is 0 Å². The number of amides is 1. The van der Waals surface area contributed by atoms with Crippen LogP contribution in [-0.4, -0.2) is 65.5 Å². The minimum Gasteiger partial charge on any atom is -0.381 e. The molecule has 5 rings (SSSR count). The van der Waals surface area contributed by atoms with Crippen LogP contribution in [0.15, 0.2) is 79.1 Å². The van der Waals surface area contributed by atoms with Crippen molar-refractivity contribution in [2.45, 2.75) is 12.5 Å². The van der Waals surface area contributed by atoms with Gasteiger partial charge in [0.25, 0.3) is 0 Å². The van der Waals surface area contributed by atoms with Gasteiger partial charge in [0, 0.05) is 65.6 Å². The molecule has 1 saturated heterocycles. The fourth-order valence-electron chi connectivity index (χ4n) is 4.32. The first-order valence-electron chi connectivity index (χ1n) is 12.7. The van der Waals surface area contributed by atoms with E-state index >= 15 is 0 Å². The van der Waals surface area contributed by atoms with E-state index in [1.54, 1.807) is 18.5 Å². The second-order valence-electron chi connectivity index (χ2n) is 9.56. The molecule has 9 heteroatoms. The Kier molecular flexibility index (Phi) is 7.86. The first kappa shape index (κ1) is 25.3. The highest BCUT2D eigenvalue weighted by Gasteiger charge is 2.14. The molecule has 0 saturated carbocycles. The van der Waals surface area contributed by atoms with Crippen LogP contribution in [0.5, 0.6) is 0 Å². The predicted molar refractivity (Wildman–Crippen MR) is 154 cm³/mol. The SMILES string of the molecule is CN(C)C/C=C/C(=O)Nc1cccc(-c2nccc3cnc(Nc4ccc(NC5CCNC5)cc4)nc23)c1. The third kappa shape index (κ3) is 6.50. The number of pyridine rings is 1. The van der Waals surface area contributed by atoms with Crippen LogP contribution in [0.25, 0.3) is 22.2 Å². The number of nitrogens with zero attached hydrogens (tertiary/aromatic N) is 4. The summed E-state index contributed by atoms with van der Waals surface area (Å²) in [6.07, 6.45) is 8.04. The first-order valence-corrected chi connectivity index (χ1v) is 12.7. The maximum atomic E-state index is 12.3. The lowest BCUT2D eigenvalue weighted by atomic mass is 10.1. The van der Waals surface area contributed by atoms with Crippen LogP contribution in [0.4, 0.5) is 23.0 Å². The third-order valence-electron chi connectivity index (χ3n) is 6.21. The van der Waals surface area contributed by atoms with Gasteiger partial charge in [-0.2, -0.15) is 0 Å². The number of hydrogen-bond donors (Lipinski definition) is 4. The van der Waals surface area contributed by atoms with Crippen LogP contribution >= 0.6 is 0 Å². The number of hydrogen-bond acceptors (Lipinski definition) is 8. The highest BCUT2D eigenvalue weighted by molar-refractivity contribution is 6.00. The van der Waals surface area contributed by atoms with E-state index in [2.05, 4.69) is 43.4 Å². The normalized spacial score (nSPS) is 15.3. The molecule has 1 unspecified atom stereocenters. The molecule has 1 amide bonds. The Bertz CT molecular complexity index is 1430. The van der Waals surface area contributed by atoms with Gasteiger partial charge in [-0.25, -0.2) is 9.97 Å². The van der Waals surface area contributed by atoms with Crippen LogP contribution in [0, 0.1) is 0 Å². The number of fused-ring (bicyclic) bond motifs is 1. The molecule has 0 bridgehead atoms. The minimum absolute atomic E-state index is 0.176. The smallest absolute Gasteiger partial charge is 0.248 e. The average Bonchev–Trinajstić information content (AvgIpc) is 3.42. The quantitative estimate of drug-likeness (QED) is 0.249. The van der Waals surface area contributed by atoms with Gasteiger partial charge in [0.05, 0.1) is 5.69 Å². The standard InChI is InChI=1S/C29H32N8O/c1-37(2)16-4-7-26(38)34-24-6-3-5-20(17-24)27-28-21(12-15-31-27)18-32-29(36-28)35-23-10-8-22(9-11-23)33-25-13-14-30-19-25/h3-12,15,17-18,25,30,33H,13-14,16,19H2,1-2H3,(H,34,38)(H,32,35,36)/b7-4+. The Morgan fingerprint density at radius 1 is 1.08 bits per heavy atom. The molecule has 9 nitrogen and oxygen atoms in total. The average molecular weight is 509 g/mol. The lowest BCUT2D eigenvalue weighted by molar-refractivity contribution is -0.111. The van der Waals surface area contributed by atoms with Crippen molar-refractivity contribution in [3.05, 3.63) is 79.1 Å². The fourth-order valence-corrected chi connectivity index (χ4v) is 4.32. The maximum Gasteiger partial charge on any atom is 0.248 e. The van der Waals surface area contributed by atoms with Gasteiger partial charge < -0.3 is 26.2 Å². The van der Waals surface area contributed by atoms with Crippen molar-refractivity contribution in [1.82, 2.24) is 25.2 Å². The van der Waals surface area contributed by atoms with Crippen LogP contribution in [-0.2, 0) is 4.79 Å². The van der Waals surface area contributed by atoms with E-state index in [0.29, 0.717) is 24.2 Å². The van der Waals surface area contributed by atoms with Gasteiger partial charge >= 0.3 is 0 Å². The molecule has 194 valence electrons. The number of carbonyl (C=O) groups is 1. The Balaban J connectivity index is 1.33. The van der Waals surface area contributed by atoms with Crippen molar-refractivity contribution in [2.24, 2.45) is 0 Å². The van der Waals surface area contributed by atoms with Crippen LogP contribution in [0.3, 0.4) is 0 Å². The van der Waals surface area contributed by atoms with Crippen LogP contribution in [0.1, 0.15) is 6.42 Å². The zero-order chi connectivity index (χ0) is 26.3. The molecule has 0 aliphatic carbocycles. The topological polar surface area (TPSA) is 107 Å². The highest BCUT2D eigenvalue weighted by atomic mass is 16.1. The number of nitrogens with one attached hydrogen (secondary N) is 4. The van der Waals surface area contributed by atoms with Gasteiger partial charge in [0.2, 0.25) is 11.9 Å². The van der Waals surface area contributed by atoms with E-state index in [4.69, 9.17) is 4.98 Å². The summed E-state index contributed by atoms with van der Waals surface area (Å²) >= 11 is 0. The van der Waals surface area contributed by atoms with Crippen molar-refractivity contribution < 1.29 is 4.79 Å². The summed E-state index contributed by atoms with van der Waals surface area (Å²) in [5, 5.41) is 14.0. The summed E-state index contributed by atoms with van der Waals surface area (Å²) in [5.74, 6) is 0.313. The number of aromatic nitrogens is 3. The van der Waals surface area contributed by atoms with Gasteiger partial charge in [-0.3, -0.25) is 9.78 Å². The van der Waals surface area contributed by atoms with Gasteiger partial charge in [-0.1, -0.05) is 18.2 Å². The van der Waals surface area contributed by atoms with Crippen LogP contribution in [0.2, 0.25) is 0 Å². The number of likely N-dealkylation sites (N-methyl/N-ethyl adjacent to an activating group) is 1. The van der Waals surface area contributed by atoms with E-state index < -0.39 is 0 Å². The Morgan fingerprint density at radius 3 is 2.71 bits per heavy atom. The van der Waals surface area contributed by atoms with E-state index in [1.807, 2.05) is 67.5 Å². The second kappa shape index (κ2) is 11.8. The van der Waals surface area contributed by atoms with Crippen LogP contribution < -0.4 is 21.3 Å². The molecule has 2 aromatic carbocycles. The summed E-state index contributed by atoms with van der Waals surface area (Å²) in [7, 11) is 3.91. The molecule has 2 aromatic heterocycles. The zero-order valence-electron chi connectivity index (χ0n) is 21.6. The Morgan fingerprint density at radius 2 is 1.92 bits per heavy atom. The first-order chi connectivity index (χ1) is 18.5. The summed E-state index contributed by atoms with van der Waals surface area (Å²) in [5.41, 5.74) is 4.98. The number of carbonyl (C=O) groups excluding carboxylic acids is 1. The van der Waals surface area contributed by atoms with Crippen molar-refractivity contribution in [3.8, 4) is 11.3 Å². The van der Waals surface area contributed by atoms with Crippen molar-refractivity contribution >= 4 is 39.8 Å². The zero-order valence-corrected chi connectivity index (χ0v) is 21.6. The maximum absolute atomic E-state index is 12.3. The molecule has 1 fully saturated rings. The molecule has 0 spiro atoms. The van der Waals surface area contributed by atoms with E-state index in [1.165, 1.54) is 0 Å². The Hall–Kier alpha value is -4.34. The number of anilines is 4. The molecule has 38 heavy (non-hydrogen) atoms. The third-order valence-corrected chi connectivity index (χ3v) is 6.21. The predicted octanol–water partition coefficient (Wildman–Crippen LogP) is 4.27.